The van der Waals surface area contributed by atoms with Crippen LogP contribution in [0.4, 0.5) is 16.5 Å². The molecule has 0 atom stereocenters. The van der Waals surface area contributed by atoms with Crippen molar-refractivity contribution in [2.45, 2.75) is 25.8 Å². The number of nitrogens with zero attached hydrogens (tertiary/aromatic N) is 4. The molecular weight excluding hydrogens is 360 g/mol. The van der Waals surface area contributed by atoms with Gasteiger partial charge >= 0.3 is 5.13 Å². The molecule has 1 aromatic carbocycles. The minimum atomic E-state index is -4.17. The van der Waals surface area contributed by atoms with Gasteiger partial charge in [-0.1, -0.05) is 0 Å². The molecule has 0 aliphatic carbocycles. The lowest BCUT2D eigenvalue weighted by Gasteiger charge is -2.16. The molecule has 134 valence electrons. The Morgan fingerprint density at radius 2 is 1.88 bits per heavy atom. The third kappa shape index (κ3) is 5.32. The van der Waals surface area contributed by atoms with Crippen LogP contribution < -0.4 is 9.47 Å². The molecule has 1 fully saturated rings. The summed E-state index contributed by atoms with van der Waals surface area (Å²) in [4.78, 5) is 2.36. The topological polar surface area (TPSA) is 89.0 Å². The van der Waals surface area contributed by atoms with Crippen LogP contribution in [0.3, 0.4) is 0 Å². The smallest absolute Gasteiger partial charge is 0.408 e. The van der Waals surface area contributed by atoms with Crippen molar-refractivity contribution in [2.24, 2.45) is 10.2 Å². The molecule has 2 heterocycles. The van der Waals surface area contributed by atoms with Gasteiger partial charge in [-0.3, -0.25) is 0 Å². The first-order valence-corrected chi connectivity index (χ1v) is 10.6. The molecule has 7 nitrogen and oxygen atoms in total. The second-order valence-corrected chi connectivity index (χ2v) is 8.30. The van der Waals surface area contributed by atoms with Gasteiger partial charge in [-0.15, -0.1) is 0 Å². The lowest BCUT2D eigenvalue weighted by molar-refractivity contribution is -0.680. The fraction of sp³-hybridized carbons (Fsp3) is 0.438. The van der Waals surface area contributed by atoms with E-state index < -0.39 is 10.1 Å². The fourth-order valence-electron chi connectivity index (χ4n) is 2.77. The largest absolute Gasteiger partial charge is 0.748 e. The zero-order chi connectivity index (χ0) is 17.7. The molecule has 9 heteroatoms. The van der Waals surface area contributed by atoms with E-state index in [4.69, 9.17) is 0 Å². The van der Waals surface area contributed by atoms with Crippen molar-refractivity contribution in [3.63, 3.8) is 0 Å². The first-order valence-electron chi connectivity index (χ1n) is 8.18. The van der Waals surface area contributed by atoms with Crippen LogP contribution in [0.5, 0.6) is 0 Å². The van der Waals surface area contributed by atoms with E-state index in [1.54, 1.807) is 4.57 Å². The average Bonchev–Trinajstić information content (AvgIpc) is 3.24. The highest BCUT2D eigenvalue weighted by Crippen LogP contribution is 2.24. The fourth-order valence-corrected chi connectivity index (χ4v) is 3.95. The van der Waals surface area contributed by atoms with E-state index >= 15 is 0 Å². The number of hydrogen-bond donors (Lipinski definition) is 0. The molecule has 0 saturated carbocycles. The highest BCUT2D eigenvalue weighted by Gasteiger charge is 2.13. The summed E-state index contributed by atoms with van der Waals surface area (Å²) in [5, 5.41) is 11.0. The highest BCUT2D eigenvalue weighted by molar-refractivity contribution is 7.85. The summed E-state index contributed by atoms with van der Waals surface area (Å²) in [6.07, 6.45) is 4.56. The standard InChI is InChI=1S/C16H20N4O3S2/c21-25(22,23)13-3-10-20-11-12-24-16(20)18-17-14-4-6-15(7-5-14)19-8-1-2-9-19/h4-7,11-12H,1-3,8-10,13H2. The predicted molar refractivity (Wildman–Crippen MR) is 95.8 cm³/mol. The molecule has 0 amide bonds. The third-order valence-electron chi connectivity index (χ3n) is 4.03. The van der Waals surface area contributed by atoms with Crippen LogP contribution >= 0.6 is 11.3 Å². The monoisotopic (exact) mass is 380 g/mol. The summed E-state index contributed by atoms with van der Waals surface area (Å²) in [7, 11) is -4.17. The van der Waals surface area contributed by atoms with Gasteiger partial charge in [0.05, 0.1) is 21.8 Å². The van der Waals surface area contributed by atoms with Crippen molar-refractivity contribution in [1.29, 1.82) is 0 Å². The molecule has 1 aliphatic heterocycles. The van der Waals surface area contributed by atoms with E-state index in [1.165, 1.54) is 29.9 Å². The molecule has 1 aliphatic rings. The predicted octanol–water partition coefficient (Wildman–Crippen LogP) is 2.99. The summed E-state index contributed by atoms with van der Waals surface area (Å²) >= 11 is 1.42. The van der Waals surface area contributed by atoms with Gasteiger partial charge < -0.3 is 9.45 Å². The zero-order valence-electron chi connectivity index (χ0n) is 13.7. The summed E-state index contributed by atoms with van der Waals surface area (Å²) < 4.78 is 33.8. The third-order valence-corrected chi connectivity index (χ3v) is 5.60. The molecule has 1 aromatic heterocycles. The second-order valence-electron chi connectivity index (χ2n) is 5.90. The molecule has 25 heavy (non-hydrogen) atoms. The highest BCUT2D eigenvalue weighted by atomic mass is 32.2. The summed E-state index contributed by atoms with van der Waals surface area (Å²) in [6.45, 7) is 2.64. The normalized spacial score (nSPS) is 15.3. The van der Waals surface area contributed by atoms with Gasteiger partial charge in [-0.2, -0.15) is 0 Å². The van der Waals surface area contributed by atoms with Gasteiger partial charge in [0.25, 0.3) is 0 Å². The van der Waals surface area contributed by atoms with Crippen molar-refractivity contribution >= 4 is 38.0 Å². The number of hydrogen-bond acceptors (Lipinski definition) is 7. The van der Waals surface area contributed by atoms with Crippen LogP contribution in [-0.4, -0.2) is 31.8 Å². The number of azo groups is 1. The van der Waals surface area contributed by atoms with Gasteiger partial charge in [0.2, 0.25) is 0 Å². The SMILES string of the molecule is O=S(=O)([O-])CCC[n+]1ccsc1N=Nc1ccc(N2CCCC2)cc1. The van der Waals surface area contributed by atoms with Gasteiger partial charge in [0.15, 0.2) is 0 Å². The van der Waals surface area contributed by atoms with Crippen molar-refractivity contribution in [1.82, 2.24) is 0 Å². The van der Waals surface area contributed by atoms with Crippen molar-refractivity contribution in [3.8, 4) is 0 Å². The van der Waals surface area contributed by atoms with E-state index in [9.17, 15) is 13.0 Å². The summed E-state index contributed by atoms with van der Waals surface area (Å²) in [5.74, 6) is -0.371. The number of rotatable bonds is 7. The minimum absolute atomic E-state index is 0.264. The molecule has 3 rings (SSSR count). The molecule has 1 saturated heterocycles. The Morgan fingerprint density at radius 1 is 1.16 bits per heavy atom. The minimum Gasteiger partial charge on any atom is -0.748 e. The Balaban J connectivity index is 1.61. The summed E-state index contributed by atoms with van der Waals surface area (Å²) in [5.41, 5.74) is 1.98. The first kappa shape index (κ1) is 18.0. The number of aromatic nitrogens is 1. The lowest BCUT2D eigenvalue weighted by atomic mass is 10.2. The van der Waals surface area contributed by atoms with Crippen molar-refractivity contribution in [2.75, 3.05) is 23.7 Å². The van der Waals surface area contributed by atoms with Crippen molar-refractivity contribution < 1.29 is 17.5 Å². The maximum atomic E-state index is 10.7. The number of anilines is 1. The van der Waals surface area contributed by atoms with E-state index in [0.717, 1.165) is 18.8 Å². The molecule has 0 unspecified atom stereocenters. The van der Waals surface area contributed by atoms with Crippen molar-refractivity contribution in [3.05, 3.63) is 35.8 Å². The second kappa shape index (κ2) is 8.03. The van der Waals surface area contributed by atoms with Gasteiger partial charge in [0.1, 0.15) is 11.9 Å². The number of aryl methyl sites for hydroxylation is 1. The lowest BCUT2D eigenvalue weighted by Crippen LogP contribution is -2.32. The Morgan fingerprint density at radius 3 is 2.56 bits per heavy atom. The van der Waals surface area contributed by atoms with E-state index in [1.807, 2.05) is 23.7 Å². The van der Waals surface area contributed by atoms with E-state index in [2.05, 4.69) is 27.3 Å². The zero-order valence-corrected chi connectivity index (χ0v) is 15.4. The van der Waals surface area contributed by atoms with Gasteiger partial charge in [0, 0.05) is 29.9 Å². The first-order chi connectivity index (χ1) is 12.0. The van der Waals surface area contributed by atoms with E-state index in [-0.39, 0.29) is 12.2 Å². The Hall–Kier alpha value is -1.84. The van der Waals surface area contributed by atoms with Crippen LogP contribution in [0.1, 0.15) is 19.3 Å². The number of thiazole rings is 1. The molecular formula is C16H20N4O3S2. The van der Waals surface area contributed by atoms with E-state index in [0.29, 0.717) is 11.7 Å². The molecule has 0 N–H and O–H groups in total. The Labute approximate surface area is 151 Å². The van der Waals surface area contributed by atoms with Crippen LogP contribution in [-0.2, 0) is 16.7 Å². The maximum absolute atomic E-state index is 10.7. The Kier molecular flexibility index (Phi) is 5.77. The molecule has 0 spiro atoms. The van der Waals surface area contributed by atoms with Crippen LogP contribution in [0.25, 0.3) is 0 Å². The Bertz CT molecular complexity index is 825. The van der Waals surface area contributed by atoms with Crippen LogP contribution in [0.2, 0.25) is 0 Å². The molecule has 0 radical (unpaired) electrons. The molecule has 0 bridgehead atoms. The van der Waals surface area contributed by atoms with Gasteiger partial charge in [-0.25, -0.2) is 13.0 Å². The number of benzene rings is 1. The average molecular weight is 380 g/mol. The van der Waals surface area contributed by atoms with Crippen LogP contribution in [0, 0.1) is 0 Å². The molecule has 2 aromatic rings. The quantitative estimate of drug-likeness (QED) is 0.419. The van der Waals surface area contributed by atoms with Crippen LogP contribution in [0.15, 0.2) is 46.1 Å². The summed E-state index contributed by atoms with van der Waals surface area (Å²) in [6, 6.07) is 8.00. The maximum Gasteiger partial charge on any atom is 0.408 e. The van der Waals surface area contributed by atoms with Gasteiger partial charge in [-0.05, 0) is 60.0 Å².